The molecule has 1 N–H and O–H groups in total. The van der Waals surface area contributed by atoms with Crippen LogP contribution >= 0.6 is 12.4 Å². The Balaban J connectivity index is 0.00000182. The lowest BCUT2D eigenvalue weighted by Gasteiger charge is -2.24. The third kappa shape index (κ3) is 3.33. The molecule has 4 rings (SSSR count). The number of likely N-dealkylation sites (tertiary alicyclic amines) is 1. The van der Waals surface area contributed by atoms with Gasteiger partial charge < -0.3 is 10.2 Å². The van der Waals surface area contributed by atoms with Crippen molar-refractivity contribution in [1.82, 2.24) is 19.4 Å². The highest BCUT2D eigenvalue weighted by atomic mass is 35.5. The number of aromatic nitrogens is 2. The lowest BCUT2D eigenvalue weighted by atomic mass is 10.1. The van der Waals surface area contributed by atoms with Gasteiger partial charge in [-0.05, 0) is 31.4 Å². The van der Waals surface area contributed by atoms with Gasteiger partial charge in [0.05, 0.1) is 11.0 Å². The molecule has 2 aliphatic rings. The summed E-state index contributed by atoms with van der Waals surface area (Å²) in [5.74, 6) is 0.157. The van der Waals surface area contributed by atoms with E-state index in [-0.39, 0.29) is 24.0 Å². The number of hydrogen-bond acceptors (Lipinski definition) is 3. The summed E-state index contributed by atoms with van der Waals surface area (Å²) in [6.45, 7) is 2.08. The van der Waals surface area contributed by atoms with Crippen molar-refractivity contribution in [3.63, 3.8) is 0 Å². The molecular weight excluding hydrogens is 340 g/mol. The number of nitrogens with one attached hydrogen (secondary N) is 1. The monoisotopic (exact) mass is 364 g/mol. The van der Waals surface area contributed by atoms with Crippen LogP contribution in [0.3, 0.4) is 0 Å². The molecule has 136 valence electrons. The molecule has 2 unspecified atom stereocenters. The lowest BCUT2D eigenvalue weighted by molar-refractivity contribution is -0.131. The first-order valence-electron chi connectivity index (χ1n) is 8.81. The van der Waals surface area contributed by atoms with Crippen LogP contribution in [0.5, 0.6) is 0 Å². The molecule has 2 aromatic rings. The summed E-state index contributed by atoms with van der Waals surface area (Å²) < 4.78 is 3.37. The van der Waals surface area contributed by atoms with Gasteiger partial charge >= 0.3 is 5.69 Å². The maximum Gasteiger partial charge on any atom is 0.328 e. The van der Waals surface area contributed by atoms with Crippen molar-refractivity contribution in [2.75, 3.05) is 13.1 Å². The third-order valence-corrected chi connectivity index (χ3v) is 5.48. The molecule has 3 heterocycles. The number of halogens is 1. The molecular formula is C18H25ClN4O2. The molecule has 2 aliphatic heterocycles. The Hall–Kier alpha value is -1.79. The predicted octanol–water partition coefficient (Wildman–Crippen LogP) is 1.50. The van der Waals surface area contributed by atoms with E-state index in [9.17, 15) is 9.59 Å². The largest absolute Gasteiger partial charge is 0.341 e. The van der Waals surface area contributed by atoms with Crippen LogP contribution in [-0.2, 0) is 18.4 Å². The number of amides is 1. The number of para-hydroxylation sites is 2. The lowest BCUT2D eigenvalue weighted by Crippen LogP contribution is -2.39. The molecule has 2 atom stereocenters. The van der Waals surface area contributed by atoms with Crippen LogP contribution in [0.25, 0.3) is 11.0 Å². The topological polar surface area (TPSA) is 59.3 Å². The highest BCUT2D eigenvalue weighted by Crippen LogP contribution is 2.21. The van der Waals surface area contributed by atoms with E-state index in [0.29, 0.717) is 25.0 Å². The van der Waals surface area contributed by atoms with Crippen LogP contribution in [0, 0.1) is 0 Å². The normalized spacial score (nSPS) is 22.7. The van der Waals surface area contributed by atoms with Gasteiger partial charge in [0, 0.05) is 45.2 Å². The second-order valence-electron chi connectivity index (χ2n) is 7.00. The number of fused-ring (bicyclic) bond motifs is 3. The first-order chi connectivity index (χ1) is 11.6. The Labute approximate surface area is 153 Å². The van der Waals surface area contributed by atoms with Gasteiger partial charge in [-0.3, -0.25) is 13.9 Å². The summed E-state index contributed by atoms with van der Waals surface area (Å²) in [5.41, 5.74) is 1.75. The Morgan fingerprint density at radius 1 is 1.16 bits per heavy atom. The fourth-order valence-electron chi connectivity index (χ4n) is 4.11. The van der Waals surface area contributed by atoms with Crippen LogP contribution in [0.4, 0.5) is 0 Å². The summed E-state index contributed by atoms with van der Waals surface area (Å²) >= 11 is 0. The Morgan fingerprint density at radius 2 is 1.88 bits per heavy atom. The Bertz CT molecular complexity index is 828. The molecule has 0 saturated carbocycles. The zero-order valence-electron chi connectivity index (χ0n) is 14.5. The summed E-state index contributed by atoms with van der Waals surface area (Å²) in [7, 11) is 1.78. The SMILES string of the molecule is Cl.Cn1c(=O)n(CCC(=O)N2CCC3CCC(C2)N3)c2ccccc21. The minimum Gasteiger partial charge on any atom is -0.341 e. The number of carbonyl (C=O) groups is 1. The van der Waals surface area contributed by atoms with Crippen molar-refractivity contribution >= 4 is 29.3 Å². The molecule has 25 heavy (non-hydrogen) atoms. The smallest absolute Gasteiger partial charge is 0.328 e. The van der Waals surface area contributed by atoms with Gasteiger partial charge in [0.1, 0.15) is 0 Å². The number of aryl methyl sites for hydroxylation is 2. The van der Waals surface area contributed by atoms with E-state index >= 15 is 0 Å². The average molecular weight is 365 g/mol. The average Bonchev–Trinajstić information content (AvgIpc) is 3.04. The fraction of sp³-hybridized carbons (Fsp3) is 0.556. The van der Waals surface area contributed by atoms with E-state index in [4.69, 9.17) is 0 Å². The number of imidazole rings is 1. The van der Waals surface area contributed by atoms with E-state index in [2.05, 4.69) is 5.32 Å². The van der Waals surface area contributed by atoms with Crippen LogP contribution in [0.15, 0.2) is 29.1 Å². The maximum absolute atomic E-state index is 12.6. The van der Waals surface area contributed by atoms with Crippen molar-refractivity contribution in [2.24, 2.45) is 7.05 Å². The fourth-order valence-corrected chi connectivity index (χ4v) is 4.11. The van der Waals surface area contributed by atoms with Gasteiger partial charge in [-0.25, -0.2) is 4.79 Å². The van der Waals surface area contributed by atoms with Crippen molar-refractivity contribution in [1.29, 1.82) is 0 Å². The zero-order valence-corrected chi connectivity index (χ0v) is 15.3. The molecule has 0 aliphatic carbocycles. The number of rotatable bonds is 3. The molecule has 2 fully saturated rings. The van der Waals surface area contributed by atoms with E-state index in [1.807, 2.05) is 29.2 Å². The van der Waals surface area contributed by atoms with Gasteiger partial charge in [-0.2, -0.15) is 0 Å². The Kier molecular flexibility index (Phi) is 5.20. The van der Waals surface area contributed by atoms with Gasteiger partial charge in [0.15, 0.2) is 0 Å². The molecule has 2 saturated heterocycles. The quantitative estimate of drug-likeness (QED) is 0.898. The highest BCUT2D eigenvalue weighted by Gasteiger charge is 2.30. The van der Waals surface area contributed by atoms with Crippen LogP contribution in [-0.4, -0.2) is 45.1 Å². The molecule has 0 spiro atoms. The number of hydrogen-bond donors (Lipinski definition) is 1. The minimum absolute atomic E-state index is 0. The minimum atomic E-state index is -0.0550. The number of carbonyl (C=O) groups excluding carboxylic acids is 1. The summed E-state index contributed by atoms with van der Waals surface area (Å²) in [5, 5.41) is 3.60. The van der Waals surface area contributed by atoms with E-state index in [1.54, 1.807) is 16.2 Å². The number of benzene rings is 1. The van der Waals surface area contributed by atoms with Crippen LogP contribution < -0.4 is 11.0 Å². The van der Waals surface area contributed by atoms with Gasteiger partial charge in [-0.1, -0.05) is 12.1 Å². The first-order valence-corrected chi connectivity index (χ1v) is 8.81. The third-order valence-electron chi connectivity index (χ3n) is 5.48. The standard InChI is InChI=1S/C18H24N4O2.ClH/c1-20-15-4-2-3-5-16(15)22(18(20)24)11-9-17(23)21-10-8-13-6-7-14(12-21)19-13;/h2-5,13-14,19H,6-12H2,1H3;1H. The molecule has 1 aromatic carbocycles. The molecule has 1 amide bonds. The van der Waals surface area contributed by atoms with Crippen molar-refractivity contribution in [3.8, 4) is 0 Å². The maximum atomic E-state index is 12.6. The molecule has 1 aromatic heterocycles. The Morgan fingerprint density at radius 3 is 2.68 bits per heavy atom. The molecule has 7 heteroatoms. The van der Waals surface area contributed by atoms with Crippen LogP contribution in [0.2, 0.25) is 0 Å². The molecule has 2 bridgehead atoms. The van der Waals surface area contributed by atoms with E-state index in [0.717, 1.165) is 37.0 Å². The van der Waals surface area contributed by atoms with Crippen LogP contribution in [0.1, 0.15) is 25.7 Å². The summed E-state index contributed by atoms with van der Waals surface area (Å²) in [6, 6.07) is 8.76. The van der Waals surface area contributed by atoms with Gasteiger partial charge in [-0.15, -0.1) is 12.4 Å². The second-order valence-corrected chi connectivity index (χ2v) is 7.00. The van der Waals surface area contributed by atoms with Crippen molar-refractivity contribution < 1.29 is 4.79 Å². The number of nitrogens with zero attached hydrogens (tertiary/aromatic N) is 3. The highest BCUT2D eigenvalue weighted by molar-refractivity contribution is 5.85. The van der Waals surface area contributed by atoms with E-state index < -0.39 is 0 Å². The second kappa shape index (κ2) is 7.22. The summed E-state index contributed by atoms with van der Waals surface area (Å²) in [6.07, 6.45) is 3.82. The van der Waals surface area contributed by atoms with E-state index in [1.165, 1.54) is 6.42 Å². The zero-order chi connectivity index (χ0) is 16.7. The van der Waals surface area contributed by atoms with Gasteiger partial charge in [0.2, 0.25) is 5.91 Å². The van der Waals surface area contributed by atoms with Crippen molar-refractivity contribution in [2.45, 2.75) is 44.3 Å². The van der Waals surface area contributed by atoms with Gasteiger partial charge in [0.25, 0.3) is 0 Å². The molecule has 6 nitrogen and oxygen atoms in total. The molecule has 0 radical (unpaired) electrons. The summed E-state index contributed by atoms with van der Waals surface area (Å²) in [4.78, 5) is 27.0. The van der Waals surface area contributed by atoms with Crippen molar-refractivity contribution in [3.05, 3.63) is 34.7 Å². The first kappa shape index (κ1) is 18.0. The predicted molar refractivity (Wildman–Crippen MR) is 100 cm³/mol.